The molecule has 2 N–H and O–H groups in total. The second-order valence-electron chi connectivity index (χ2n) is 5.10. The van der Waals surface area contributed by atoms with Crippen molar-refractivity contribution in [3.05, 3.63) is 17.5 Å². The van der Waals surface area contributed by atoms with E-state index < -0.39 is 5.97 Å². The van der Waals surface area contributed by atoms with E-state index in [9.17, 15) is 9.59 Å². The molecule has 0 saturated carbocycles. The topological polar surface area (TPSA) is 84.2 Å². The summed E-state index contributed by atoms with van der Waals surface area (Å²) in [6.45, 7) is 4.52. The molecule has 0 aliphatic heterocycles. The van der Waals surface area contributed by atoms with E-state index in [0.29, 0.717) is 18.5 Å². The number of aryl methyl sites for hydroxylation is 2. The molecule has 112 valence electrons. The highest BCUT2D eigenvalue weighted by Gasteiger charge is 2.14. The van der Waals surface area contributed by atoms with Gasteiger partial charge in [0.15, 0.2) is 0 Å². The number of carbonyl (C=O) groups excluding carboxylic acids is 1. The molecule has 1 atom stereocenters. The maximum atomic E-state index is 12.0. The Morgan fingerprint density at radius 3 is 2.75 bits per heavy atom. The Morgan fingerprint density at radius 1 is 1.45 bits per heavy atom. The van der Waals surface area contributed by atoms with Crippen molar-refractivity contribution in [1.29, 1.82) is 0 Å². The molecule has 1 aromatic rings. The number of aliphatic carboxylic acids is 1. The lowest BCUT2D eigenvalue weighted by atomic mass is 10.0. The van der Waals surface area contributed by atoms with Gasteiger partial charge in [-0.2, -0.15) is 5.10 Å². The average Bonchev–Trinajstić information content (AvgIpc) is 2.77. The first kappa shape index (κ1) is 16.2. The standard InChI is InChI=1S/C14H23N3O3/c1-4-12-11(9-17(3)16-12)14(20)15-8-7-10(2)5-6-13(18)19/h9-10H,4-8H2,1-3H3,(H,15,20)(H,18,19). The summed E-state index contributed by atoms with van der Waals surface area (Å²) in [7, 11) is 1.80. The highest BCUT2D eigenvalue weighted by Crippen LogP contribution is 2.10. The number of nitrogens with zero attached hydrogens (tertiary/aromatic N) is 2. The van der Waals surface area contributed by atoms with Gasteiger partial charge in [-0.1, -0.05) is 13.8 Å². The predicted molar refractivity (Wildman–Crippen MR) is 75.6 cm³/mol. The molecular weight excluding hydrogens is 258 g/mol. The van der Waals surface area contributed by atoms with Crippen LogP contribution in [0.3, 0.4) is 0 Å². The van der Waals surface area contributed by atoms with Gasteiger partial charge in [0.05, 0.1) is 11.3 Å². The summed E-state index contributed by atoms with van der Waals surface area (Å²) in [6.07, 6.45) is 4.04. The third kappa shape index (κ3) is 5.03. The number of carbonyl (C=O) groups is 2. The largest absolute Gasteiger partial charge is 0.481 e. The second-order valence-corrected chi connectivity index (χ2v) is 5.10. The number of hydrogen-bond donors (Lipinski definition) is 2. The highest BCUT2D eigenvalue weighted by molar-refractivity contribution is 5.95. The van der Waals surface area contributed by atoms with E-state index >= 15 is 0 Å². The third-order valence-corrected chi connectivity index (χ3v) is 3.26. The smallest absolute Gasteiger partial charge is 0.303 e. The lowest BCUT2D eigenvalue weighted by Gasteiger charge is -2.10. The zero-order valence-corrected chi connectivity index (χ0v) is 12.3. The van der Waals surface area contributed by atoms with Crippen LogP contribution in [0.4, 0.5) is 0 Å². The number of aromatic nitrogens is 2. The van der Waals surface area contributed by atoms with Gasteiger partial charge in [-0.05, 0) is 25.2 Å². The molecule has 0 radical (unpaired) electrons. The van der Waals surface area contributed by atoms with Gasteiger partial charge >= 0.3 is 5.97 Å². The van der Waals surface area contributed by atoms with Crippen LogP contribution in [0.25, 0.3) is 0 Å². The summed E-state index contributed by atoms with van der Waals surface area (Å²) in [6, 6.07) is 0. The fraction of sp³-hybridized carbons (Fsp3) is 0.643. The zero-order valence-electron chi connectivity index (χ0n) is 12.3. The Balaban J connectivity index is 2.38. The van der Waals surface area contributed by atoms with E-state index in [1.807, 2.05) is 13.8 Å². The monoisotopic (exact) mass is 281 g/mol. The molecular formula is C14H23N3O3. The molecule has 6 heteroatoms. The number of carboxylic acid groups (broad SMARTS) is 1. The average molecular weight is 281 g/mol. The predicted octanol–water partition coefficient (Wildman–Crippen LogP) is 1.60. The Bertz CT molecular complexity index is 468. The third-order valence-electron chi connectivity index (χ3n) is 3.26. The van der Waals surface area contributed by atoms with E-state index in [1.54, 1.807) is 17.9 Å². The van der Waals surface area contributed by atoms with Gasteiger partial charge < -0.3 is 10.4 Å². The van der Waals surface area contributed by atoms with Crippen molar-refractivity contribution in [3.63, 3.8) is 0 Å². The molecule has 0 spiro atoms. The summed E-state index contributed by atoms with van der Waals surface area (Å²) in [5, 5.41) is 15.7. The van der Waals surface area contributed by atoms with Crippen LogP contribution in [0.5, 0.6) is 0 Å². The second kappa shape index (κ2) is 7.67. The molecule has 0 fully saturated rings. The van der Waals surface area contributed by atoms with E-state index in [-0.39, 0.29) is 18.2 Å². The van der Waals surface area contributed by atoms with Gasteiger partial charge in [0, 0.05) is 26.2 Å². The first-order valence-electron chi connectivity index (χ1n) is 6.96. The SMILES string of the molecule is CCc1nn(C)cc1C(=O)NCCC(C)CCC(=O)O. The van der Waals surface area contributed by atoms with Crippen molar-refractivity contribution < 1.29 is 14.7 Å². The molecule has 0 aliphatic rings. The van der Waals surface area contributed by atoms with Gasteiger partial charge in [-0.15, -0.1) is 0 Å². The normalized spacial score (nSPS) is 12.2. The summed E-state index contributed by atoms with van der Waals surface area (Å²) in [5.41, 5.74) is 1.41. The van der Waals surface area contributed by atoms with Crippen molar-refractivity contribution in [2.45, 2.75) is 39.5 Å². The molecule has 1 aromatic heterocycles. The molecule has 20 heavy (non-hydrogen) atoms. The maximum Gasteiger partial charge on any atom is 0.303 e. The number of carboxylic acids is 1. The van der Waals surface area contributed by atoms with Gasteiger partial charge in [0.25, 0.3) is 5.91 Å². The van der Waals surface area contributed by atoms with Crippen molar-refractivity contribution in [1.82, 2.24) is 15.1 Å². The minimum absolute atomic E-state index is 0.111. The van der Waals surface area contributed by atoms with Gasteiger partial charge in [-0.3, -0.25) is 14.3 Å². The lowest BCUT2D eigenvalue weighted by molar-refractivity contribution is -0.137. The van der Waals surface area contributed by atoms with E-state index in [0.717, 1.165) is 18.5 Å². The maximum absolute atomic E-state index is 12.0. The van der Waals surface area contributed by atoms with Gasteiger partial charge in [0.1, 0.15) is 0 Å². The molecule has 6 nitrogen and oxygen atoms in total. The van der Waals surface area contributed by atoms with E-state index in [2.05, 4.69) is 10.4 Å². The van der Waals surface area contributed by atoms with Crippen LogP contribution in [-0.2, 0) is 18.3 Å². The minimum atomic E-state index is -0.774. The fourth-order valence-electron chi connectivity index (χ4n) is 2.03. The van der Waals surface area contributed by atoms with Crippen LogP contribution in [0.1, 0.15) is 49.2 Å². The number of amides is 1. The summed E-state index contributed by atoms with van der Waals surface area (Å²) >= 11 is 0. The molecule has 1 rings (SSSR count). The lowest BCUT2D eigenvalue weighted by Crippen LogP contribution is -2.26. The van der Waals surface area contributed by atoms with Gasteiger partial charge in [0.2, 0.25) is 0 Å². The Labute approximate surface area is 119 Å². The zero-order chi connectivity index (χ0) is 15.1. The van der Waals surface area contributed by atoms with Crippen LogP contribution in [0.15, 0.2) is 6.20 Å². The Morgan fingerprint density at radius 2 is 2.15 bits per heavy atom. The number of nitrogens with one attached hydrogen (secondary N) is 1. The van der Waals surface area contributed by atoms with Crippen LogP contribution < -0.4 is 5.32 Å². The molecule has 1 amide bonds. The summed E-state index contributed by atoms with van der Waals surface area (Å²) in [5.74, 6) is -0.602. The first-order chi connectivity index (χ1) is 9.43. The van der Waals surface area contributed by atoms with Crippen molar-refractivity contribution in [3.8, 4) is 0 Å². The van der Waals surface area contributed by atoms with Crippen LogP contribution >= 0.6 is 0 Å². The molecule has 1 unspecified atom stereocenters. The highest BCUT2D eigenvalue weighted by atomic mass is 16.4. The number of rotatable bonds is 8. The molecule has 1 heterocycles. The van der Waals surface area contributed by atoms with Crippen LogP contribution in [0.2, 0.25) is 0 Å². The molecule has 0 aliphatic carbocycles. The van der Waals surface area contributed by atoms with E-state index in [1.165, 1.54) is 0 Å². The van der Waals surface area contributed by atoms with Crippen molar-refractivity contribution in [2.75, 3.05) is 6.54 Å². The quantitative estimate of drug-likeness (QED) is 0.758. The van der Waals surface area contributed by atoms with Gasteiger partial charge in [-0.25, -0.2) is 0 Å². The minimum Gasteiger partial charge on any atom is -0.481 e. The number of hydrogen-bond acceptors (Lipinski definition) is 3. The van der Waals surface area contributed by atoms with E-state index in [4.69, 9.17) is 5.11 Å². The van der Waals surface area contributed by atoms with Crippen molar-refractivity contribution in [2.24, 2.45) is 13.0 Å². The molecule has 0 saturated heterocycles. The molecule has 0 bridgehead atoms. The summed E-state index contributed by atoms with van der Waals surface area (Å²) < 4.78 is 1.64. The Hall–Kier alpha value is -1.85. The first-order valence-corrected chi connectivity index (χ1v) is 6.96. The molecule has 0 aromatic carbocycles. The van der Waals surface area contributed by atoms with Crippen molar-refractivity contribution >= 4 is 11.9 Å². The van der Waals surface area contributed by atoms with Crippen LogP contribution in [-0.4, -0.2) is 33.3 Å². The summed E-state index contributed by atoms with van der Waals surface area (Å²) in [4.78, 5) is 22.5. The Kier molecular flexibility index (Phi) is 6.21. The van der Waals surface area contributed by atoms with Crippen LogP contribution in [0, 0.1) is 5.92 Å². The fourth-order valence-corrected chi connectivity index (χ4v) is 2.03.